The Morgan fingerprint density at radius 3 is 2.32 bits per heavy atom. The fraction of sp³-hybridized carbons (Fsp3) is 0.125. The molecule has 31 heavy (non-hydrogen) atoms. The maximum atomic E-state index is 12.2. The van der Waals surface area contributed by atoms with E-state index in [1.165, 1.54) is 12.1 Å². The first kappa shape index (κ1) is 21.7. The van der Waals surface area contributed by atoms with Gasteiger partial charge in [0.1, 0.15) is 17.4 Å². The molecule has 7 heteroatoms. The third kappa shape index (κ3) is 6.50. The molecule has 0 fully saturated rings. The molecule has 0 aliphatic heterocycles. The van der Waals surface area contributed by atoms with Crippen LogP contribution in [-0.4, -0.2) is 28.2 Å². The van der Waals surface area contributed by atoms with Gasteiger partial charge < -0.3 is 10.1 Å². The number of aromatic nitrogens is 3. The zero-order chi connectivity index (χ0) is 22.1. The zero-order valence-corrected chi connectivity index (χ0v) is 17.3. The van der Waals surface area contributed by atoms with Gasteiger partial charge in [0.25, 0.3) is 0 Å². The maximum absolute atomic E-state index is 12.2. The Bertz CT molecular complexity index is 1070. The number of amides is 1. The van der Waals surface area contributed by atoms with Gasteiger partial charge in [-0.2, -0.15) is 5.10 Å². The lowest BCUT2D eigenvalue weighted by Crippen LogP contribution is -2.15. The molecule has 0 saturated heterocycles. The number of carbonyl (C=O) groups is 1. The van der Waals surface area contributed by atoms with E-state index >= 15 is 0 Å². The van der Waals surface area contributed by atoms with Crippen LogP contribution in [0.5, 0.6) is 5.75 Å². The van der Waals surface area contributed by atoms with Crippen LogP contribution in [0.1, 0.15) is 11.1 Å². The molecular formula is C24H23FN4O2. The predicted octanol–water partition coefficient (Wildman–Crippen LogP) is 4.80. The van der Waals surface area contributed by atoms with Crippen LogP contribution in [0.2, 0.25) is 0 Å². The molecule has 0 bridgehead atoms. The van der Waals surface area contributed by atoms with Gasteiger partial charge in [-0.15, -0.1) is 0 Å². The summed E-state index contributed by atoms with van der Waals surface area (Å²) in [6, 6.07) is 17.5. The number of hydrogen-bond donors (Lipinski definition) is 2. The maximum Gasteiger partial charge on any atom is 0.229 e. The lowest BCUT2D eigenvalue weighted by molar-refractivity contribution is -0.115. The summed E-state index contributed by atoms with van der Waals surface area (Å²) >= 11 is 0. The van der Waals surface area contributed by atoms with Crippen LogP contribution in [0, 0.1) is 12.7 Å². The molecule has 0 unspecified atom stereocenters. The smallest absolute Gasteiger partial charge is 0.229 e. The quantitative estimate of drug-likeness (QED) is 0.488. The fourth-order valence-electron chi connectivity index (χ4n) is 2.78. The van der Waals surface area contributed by atoms with E-state index in [1.54, 1.807) is 37.8 Å². The highest BCUT2D eigenvalue weighted by Gasteiger charge is 2.11. The van der Waals surface area contributed by atoms with Crippen molar-refractivity contribution in [3.63, 3.8) is 0 Å². The Morgan fingerprint density at radius 1 is 1.03 bits per heavy atom. The molecule has 0 aliphatic carbocycles. The molecule has 158 valence electrons. The minimum absolute atomic E-state index is 0.116. The van der Waals surface area contributed by atoms with E-state index in [-0.39, 0.29) is 18.1 Å². The summed E-state index contributed by atoms with van der Waals surface area (Å²) < 4.78 is 17.2. The van der Waals surface area contributed by atoms with Gasteiger partial charge in [0.05, 0.1) is 19.7 Å². The summed E-state index contributed by atoms with van der Waals surface area (Å²) in [5.74, 6) is 1.06. The number of anilines is 1. The first-order valence-corrected chi connectivity index (χ1v) is 9.64. The van der Waals surface area contributed by atoms with Crippen molar-refractivity contribution in [3.8, 4) is 16.9 Å². The molecule has 2 aromatic heterocycles. The van der Waals surface area contributed by atoms with Crippen LogP contribution < -0.4 is 10.1 Å². The topological polar surface area (TPSA) is 79.9 Å². The van der Waals surface area contributed by atoms with Gasteiger partial charge in [-0.1, -0.05) is 29.8 Å². The second kappa shape index (κ2) is 10.7. The van der Waals surface area contributed by atoms with Crippen LogP contribution in [0.3, 0.4) is 0 Å². The number of aryl methyl sites for hydroxylation is 1. The molecule has 0 atom stereocenters. The first-order valence-electron chi connectivity index (χ1n) is 9.64. The Labute approximate surface area is 180 Å². The molecule has 4 aromatic rings. The summed E-state index contributed by atoms with van der Waals surface area (Å²) in [7, 11) is 1.61. The Kier molecular flexibility index (Phi) is 7.48. The average Bonchev–Trinajstić information content (AvgIpc) is 3.25. The van der Waals surface area contributed by atoms with Crippen LogP contribution >= 0.6 is 0 Å². The van der Waals surface area contributed by atoms with Gasteiger partial charge in [-0.25, -0.2) is 4.39 Å². The second-order valence-electron chi connectivity index (χ2n) is 6.76. The molecule has 6 nitrogen and oxygen atoms in total. The molecule has 2 heterocycles. The number of halogens is 1. The van der Waals surface area contributed by atoms with Crippen molar-refractivity contribution in [2.45, 2.75) is 13.3 Å². The molecule has 4 rings (SSSR count). The Hall–Kier alpha value is -4.00. The van der Waals surface area contributed by atoms with Crippen molar-refractivity contribution in [1.29, 1.82) is 0 Å². The Balaban J connectivity index is 0.000000287. The number of hydrogen-bond acceptors (Lipinski definition) is 4. The molecule has 0 saturated carbocycles. The van der Waals surface area contributed by atoms with Crippen LogP contribution in [-0.2, 0) is 11.2 Å². The van der Waals surface area contributed by atoms with Crippen LogP contribution in [0.4, 0.5) is 10.2 Å². The van der Waals surface area contributed by atoms with E-state index < -0.39 is 0 Å². The van der Waals surface area contributed by atoms with Gasteiger partial charge in [0.15, 0.2) is 0 Å². The number of rotatable bonds is 5. The van der Waals surface area contributed by atoms with Crippen molar-refractivity contribution >= 4 is 11.7 Å². The Morgan fingerprint density at radius 2 is 1.71 bits per heavy atom. The van der Waals surface area contributed by atoms with Crippen molar-refractivity contribution in [2.75, 3.05) is 12.4 Å². The third-order valence-electron chi connectivity index (χ3n) is 4.43. The van der Waals surface area contributed by atoms with E-state index in [0.717, 1.165) is 28.0 Å². The lowest BCUT2D eigenvalue weighted by Gasteiger charge is -2.07. The van der Waals surface area contributed by atoms with E-state index in [1.807, 2.05) is 43.3 Å². The summed E-state index contributed by atoms with van der Waals surface area (Å²) in [5, 5.41) is 9.68. The minimum atomic E-state index is -0.171. The van der Waals surface area contributed by atoms with Crippen LogP contribution in [0.25, 0.3) is 11.1 Å². The van der Waals surface area contributed by atoms with E-state index in [4.69, 9.17) is 4.74 Å². The molecule has 0 aliphatic rings. The molecule has 1 amide bonds. The standard InChI is InChI=1S/C17H16N4O2.C7H7F/c1-23-14-4-2-12(3-5-14)10-16(22)20-17-15(11-19-21-17)13-6-8-18-9-7-13;1-6-2-4-7(8)5-3-6/h2-9,11H,10H2,1H3,(H2,19,20,21,22);2-5H,1H3. The minimum Gasteiger partial charge on any atom is -0.497 e. The zero-order valence-electron chi connectivity index (χ0n) is 17.3. The number of ether oxygens (including phenoxy) is 1. The number of methoxy groups -OCH3 is 1. The van der Waals surface area contributed by atoms with Gasteiger partial charge in [0, 0.05) is 18.0 Å². The van der Waals surface area contributed by atoms with Crippen molar-refractivity contribution in [3.05, 3.63) is 96.2 Å². The van der Waals surface area contributed by atoms with E-state index in [2.05, 4.69) is 20.5 Å². The van der Waals surface area contributed by atoms with Crippen molar-refractivity contribution < 1.29 is 13.9 Å². The van der Waals surface area contributed by atoms with Gasteiger partial charge in [0.2, 0.25) is 5.91 Å². The van der Waals surface area contributed by atoms with Gasteiger partial charge in [-0.05, 0) is 54.4 Å². The van der Waals surface area contributed by atoms with Crippen molar-refractivity contribution in [1.82, 2.24) is 15.2 Å². The summed E-state index contributed by atoms with van der Waals surface area (Å²) in [4.78, 5) is 16.2. The number of aromatic amines is 1. The number of pyridine rings is 1. The highest BCUT2D eigenvalue weighted by atomic mass is 19.1. The van der Waals surface area contributed by atoms with E-state index in [9.17, 15) is 9.18 Å². The molecule has 2 aromatic carbocycles. The number of H-pyrrole nitrogens is 1. The summed E-state index contributed by atoms with van der Waals surface area (Å²) in [5.41, 5.74) is 3.77. The number of nitrogens with one attached hydrogen (secondary N) is 2. The first-order chi connectivity index (χ1) is 15.0. The lowest BCUT2D eigenvalue weighted by atomic mass is 10.1. The number of carbonyl (C=O) groups excluding carboxylic acids is 1. The van der Waals surface area contributed by atoms with Crippen molar-refractivity contribution in [2.24, 2.45) is 0 Å². The fourth-order valence-corrected chi connectivity index (χ4v) is 2.78. The van der Waals surface area contributed by atoms with Crippen LogP contribution in [0.15, 0.2) is 79.3 Å². The normalized spacial score (nSPS) is 10.0. The molecule has 0 radical (unpaired) electrons. The second-order valence-corrected chi connectivity index (χ2v) is 6.76. The van der Waals surface area contributed by atoms with Gasteiger partial charge >= 0.3 is 0 Å². The molecule has 0 spiro atoms. The summed E-state index contributed by atoms with van der Waals surface area (Å²) in [6.45, 7) is 1.93. The predicted molar refractivity (Wildman–Crippen MR) is 118 cm³/mol. The highest BCUT2D eigenvalue weighted by Crippen LogP contribution is 2.25. The third-order valence-corrected chi connectivity index (χ3v) is 4.43. The number of nitrogens with zero attached hydrogens (tertiary/aromatic N) is 2. The largest absolute Gasteiger partial charge is 0.497 e. The highest BCUT2D eigenvalue weighted by molar-refractivity contribution is 5.95. The monoisotopic (exact) mass is 418 g/mol. The van der Waals surface area contributed by atoms with Gasteiger partial charge in [-0.3, -0.25) is 14.9 Å². The summed E-state index contributed by atoms with van der Waals surface area (Å²) in [6.07, 6.45) is 5.35. The van der Waals surface area contributed by atoms with E-state index in [0.29, 0.717) is 5.82 Å². The SMILES string of the molecule is COc1ccc(CC(=O)Nc2[nH]ncc2-c2ccncc2)cc1.Cc1ccc(F)cc1. The number of benzene rings is 2. The molecule has 2 N–H and O–H groups in total. The average molecular weight is 418 g/mol. The molecular weight excluding hydrogens is 395 g/mol.